The molecule has 0 unspecified atom stereocenters. The van der Waals surface area contributed by atoms with Crippen molar-refractivity contribution < 1.29 is 8.42 Å². The van der Waals surface area contributed by atoms with E-state index in [0.29, 0.717) is 5.69 Å². The van der Waals surface area contributed by atoms with Gasteiger partial charge in [-0.1, -0.05) is 0 Å². The quantitative estimate of drug-likeness (QED) is 0.867. The lowest BCUT2D eigenvalue weighted by Crippen LogP contribution is -2.15. The van der Waals surface area contributed by atoms with Crippen molar-refractivity contribution in [2.75, 3.05) is 10.5 Å². The molecule has 0 aliphatic carbocycles. The van der Waals surface area contributed by atoms with Crippen molar-refractivity contribution in [2.45, 2.75) is 11.8 Å². The summed E-state index contributed by atoms with van der Waals surface area (Å²) >= 11 is 0. The van der Waals surface area contributed by atoms with E-state index in [0.717, 1.165) is 5.56 Å². The molecule has 0 spiro atoms. The van der Waals surface area contributed by atoms with Crippen LogP contribution in [0.15, 0.2) is 41.8 Å². The van der Waals surface area contributed by atoms with Crippen LogP contribution in [0.4, 0.5) is 11.4 Å². The van der Waals surface area contributed by atoms with Gasteiger partial charge in [-0.2, -0.15) is 0 Å². The Morgan fingerprint density at radius 1 is 1.17 bits per heavy atom. The molecule has 0 saturated heterocycles. The van der Waals surface area contributed by atoms with Gasteiger partial charge >= 0.3 is 0 Å². The average Bonchev–Trinajstić information content (AvgIpc) is 2.32. The number of hydrogen-bond acceptors (Lipinski definition) is 5. The molecular formula is C11H12N4O2S. The maximum atomic E-state index is 12.1. The zero-order valence-electron chi connectivity index (χ0n) is 9.66. The highest BCUT2D eigenvalue weighted by Gasteiger charge is 2.18. The monoisotopic (exact) mass is 264 g/mol. The number of nitrogens with two attached hydrogens (primary N) is 1. The minimum atomic E-state index is -3.73. The number of nitrogen functional groups attached to an aromatic ring is 1. The van der Waals surface area contributed by atoms with E-state index < -0.39 is 10.0 Å². The third kappa shape index (κ3) is 2.40. The third-order valence-electron chi connectivity index (χ3n) is 2.37. The van der Waals surface area contributed by atoms with Gasteiger partial charge in [-0.3, -0.25) is 14.7 Å². The predicted octanol–water partition coefficient (Wildman–Crippen LogP) is 1.17. The Labute approximate surface area is 105 Å². The van der Waals surface area contributed by atoms with Gasteiger partial charge in [0.25, 0.3) is 10.0 Å². The zero-order valence-corrected chi connectivity index (χ0v) is 10.5. The second kappa shape index (κ2) is 4.61. The number of sulfonamides is 1. The molecule has 0 bridgehead atoms. The summed E-state index contributed by atoms with van der Waals surface area (Å²) in [5.41, 5.74) is 6.98. The molecule has 0 aliphatic heterocycles. The fourth-order valence-corrected chi connectivity index (χ4v) is 2.61. The van der Waals surface area contributed by atoms with Crippen molar-refractivity contribution in [3.63, 3.8) is 0 Å². The van der Waals surface area contributed by atoms with Gasteiger partial charge in [0.05, 0.1) is 11.4 Å². The van der Waals surface area contributed by atoms with Gasteiger partial charge in [0.2, 0.25) is 0 Å². The normalized spacial score (nSPS) is 11.2. The first-order valence-corrected chi connectivity index (χ1v) is 6.62. The third-order valence-corrected chi connectivity index (χ3v) is 3.78. The van der Waals surface area contributed by atoms with Crippen LogP contribution >= 0.6 is 0 Å². The van der Waals surface area contributed by atoms with E-state index >= 15 is 0 Å². The van der Waals surface area contributed by atoms with Crippen molar-refractivity contribution in [3.05, 3.63) is 42.5 Å². The number of aromatic nitrogens is 2. The number of pyridine rings is 2. The van der Waals surface area contributed by atoms with Gasteiger partial charge in [-0.25, -0.2) is 8.42 Å². The standard InChI is InChI=1S/C11H12N4O2S/c1-8-6-13-5-3-10(8)15-18(16,17)11-7-14-4-2-9(11)12/h2-7H,1H3,(H2,12,14)(H,13,15). The van der Waals surface area contributed by atoms with Crippen molar-refractivity contribution in [1.29, 1.82) is 0 Å². The second-order valence-electron chi connectivity index (χ2n) is 3.71. The van der Waals surface area contributed by atoms with Crippen LogP contribution in [-0.2, 0) is 10.0 Å². The van der Waals surface area contributed by atoms with Gasteiger partial charge < -0.3 is 5.73 Å². The molecule has 0 fully saturated rings. The van der Waals surface area contributed by atoms with Crippen molar-refractivity contribution in [2.24, 2.45) is 0 Å². The van der Waals surface area contributed by atoms with Gasteiger partial charge in [0, 0.05) is 24.8 Å². The summed E-state index contributed by atoms with van der Waals surface area (Å²) in [6, 6.07) is 3.02. The maximum absolute atomic E-state index is 12.1. The van der Waals surface area contributed by atoms with E-state index in [2.05, 4.69) is 14.7 Å². The van der Waals surface area contributed by atoms with Crippen molar-refractivity contribution in [1.82, 2.24) is 9.97 Å². The summed E-state index contributed by atoms with van der Waals surface area (Å²) in [7, 11) is -3.73. The fourth-order valence-electron chi connectivity index (χ4n) is 1.40. The second-order valence-corrected chi connectivity index (χ2v) is 5.36. The lowest BCUT2D eigenvalue weighted by Gasteiger charge is -2.10. The maximum Gasteiger partial charge on any atom is 0.265 e. The van der Waals surface area contributed by atoms with E-state index in [4.69, 9.17) is 5.73 Å². The van der Waals surface area contributed by atoms with E-state index in [1.54, 1.807) is 19.2 Å². The molecule has 0 saturated carbocycles. The fraction of sp³-hybridized carbons (Fsp3) is 0.0909. The zero-order chi connectivity index (χ0) is 13.2. The first kappa shape index (κ1) is 12.3. The molecule has 3 N–H and O–H groups in total. The summed E-state index contributed by atoms with van der Waals surface area (Å²) in [6.07, 6.45) is 5.74. The summed E-state index contributed by atoms with van der Waals surface area (Å²) in [4.78, 5) is 7.62. The topological polar surface area (TPSA) is 98.0 Å². The molecular weight excluding hydrogens is 252 g/mol. The van der Waals surface area contributed by atoms with Crippen LogP contribution in [0.25, 0.3) is 0 Å². The summed E-state index contributed by atoms with van der Waals surface area (Å²) in [5.74, 6) is 0. The molecule has 0 atom stereocenters. The number of anilines is 2. The molecule has 2 heterocycles. The first-order chi connectivity index (χ1) is 8.50. The smallest absolute Gasteiger partial charge is 0.265 e. The van der Waals surface area contributed by atoms with E-state index in [9.17, 15) is 8.42 Å². The minimum Gasteiger partial charge on any atom is -0.398 e. The van der Waals surface area contributed by atoms with E-state index in [1.807, 2.05) is 0 Å². The number of aryl methyl sites for hydroxylation is 1. The lowest BCUT2D eigenvalue weighted by atomic mass is 10.3. The number of hydrogen-bond donors (Lipinski definition) is 2. The SMILES string of the molecule is Cc1cnccc1NS(=O)(=O)c1cnccc1N. The average molecular weight is 264 g/mol. The molecule has 0 radical (unpaired) electrons. The van der Waals surface area contributed by atoms with Crippen LogP contribution in [0.3, 0.4) is 0 Å². The van der Waals surface area contributed by atoms with Crippen LogP contribution in [0, 0.1) is 6.92 Å². The van der Waals surface area contributed by atoms with Gasteiger partial charge in [-0.15, -0.1) is 0 Å². The van der Waals surface area contributed by atoms with Crippen LogP contribution in [-0.4, -0.2) is 18.4 Å². The van der Waals surface area contributed by atoms with Gasteiger partial charge in [0.15, 0.2) is 0 Å². The molecule has 18 heavy (non-hydrogen) atoms. The van der Waals surface area contributed by atoms with E-state index in [1.165, 1.54) is 24.7 Å². The Balaban J connectivity index is 2.40. The Hall–Kier alpha value is -2.15. The Morgan fingerprint density at radius 2 is 1.83 bits per heavy atom. The molecule has 0 aromatic carbocycles. The molecule has 0 amide bonds. The molecule has 2 aromatic rings. The Kier molecular flexibility index (Phi) is 3.15. The predicted molar refractivity (Wildman–Crippen MR) is 68.4 cm³/mol. The minimum absolute atomic E-state index is 0.0405. The largest absolute Gasteiger partial charge is 0.398 e. The Bertz CT molecular complexity index is 670. The summed E-state index contributed by atoms with van der Waals surface area (Å²) in [6.45, 7) is 1.76. The molecule has 6 nitrogen and oxygen atoms in total. The highest BCUT2D eigenvalue weighted by Crippen LogP contribution is 2.21. The molecule has 2 aromatic heterocycles. The highest BCUT2D eigenvalue weighted by atomic mass is 32.2. The van der Waals surface area contributed by atoms with Gasteiger partial charge in [0.1, 0.15) is 4.90 Å². The lowest BCUT2D eigenvalue weighted by molar-refractivity contribution is 0.601. The molecule has 0 aliphatic rings. The van der Waals surface area contributed by atoms with Gasteiger partial charge in [-0.05, 0) is 24.6 Å². The van der Waals surface area contributed by atoms with E-state index in [-0.39, 0.29) is 10.6 Å². The first-order valence-electron chi connectivity index (χ1n) is 5.13. The number of nitrogens with zero attached hydrogens (tertiary/aromatic N) is 2. The van der Waals surface area contributed by atoms with Crippen LogP contribution in [0.2, 0.25) is 0 Å². The highest BCUT2D eigenvalue weighted by molar-refractivity contribution is 7.92. The van der Waals surface area contributed by atoms with Crippen LogP contribution in [0.5, 0.6) is 0 Å². The van der Waals surface area contributed by atoms with Crippen molar-refractivity contribution in [3.8, 4) is 0 Å². The summed E-state index contributed by atoms with van der Waals surface area (Å²) in [5, 5.41) is 0. The molecule has 2 rings (SSSR count). The molecule has 94 valence electrons. The molecule has 7 heteroatoms. The number of nitrogens with one attached hydrogen (secondary N) is 1. The summed E-state index contributed by atoms with van der Waals surface area (Å²) < 4.78 is 26.7. The van der Waals surface area contributed by atoms with Crippen LogP contribution < -0.4 is 10.5 Å². The van der Waals surface area contributed by atoms with Crippen molar-refractivity contribution >= 4 is 21.4 Å². The Morgan fingerprint density at radius 3 is 2.50 bits per heavy atom. The number of rotatable bonds is 3. The van der Waals surface area contributed by atoms with Crippen LogP contribution in [0.1, 0.15) is 5.56 Å².